The number of benzene rings is 1. The van der Waals surface area contributed by atoms with Crippen LogP contribution < -0.4 is 5.32 Å². The minimum absolute atomic E-state index is 0.111. The van der Waals surface area contributed by atoms with Crippen LogP contribution in [0.15, 0.2) is 22.7 Å². The first kappa shape index (κ1) is 14.3. The van der Waals surface area contributed by atoms with Crippen molar-refractivity contribution in [2.75, 3.05) is 18.4 Å². The molecule has 2 rings (SSSR count). The Hall–Kier alpha value is -1.10. The molecule has 1 amide bonds. The van der Waals surface area contributed by atoms with E-state index in [1.807, 2.05) is 11.8 Å². The number of anilines is 1. The number of rotatable bonds is 3. The quantitative estimate of drug-likeness (QED) is 0.922. The van der Waals surface area contributed by atoms with Gasteiger partial charge in [0.15, 0.2) is 0 Å². The molecule has 1 unspecified atom stereocenters. The Bertz CT molecular complexity index is 461. The van der Waals surface area contributed by atoms with E-state index in [1.165, 1.54) is 12.5 Å². The van der Waals surface area contributed by atoms with E-state index < -0.39 is 0 Å². The average Bonchev–Trinajstić information content (AvgIpc) is 2.43. The predicted molar refractivity (Wildman–Crippen MR) is 77.6 cm³/mol. The summed E-state index contributed by atoms with van der Waals surface area (Å²) in [6.07, 6.45) is 3.37. The number of halogens is 2. The van der Waals surface area contributed by atoms with Crippen molar-refractivity contribution in [2.45, 2.75) is 32.2 Å². The highest BCUT2D eigenvalue weighted by Crippen LogP contribution is 2.21. The number of carbonyl (C=O) groups excluding carboxylic acids is 1. The maximum atomic E-state index is 13.1. The summed E-state index contributed by atoms with van der Waals surface area (Å²) >= 11 is 3.14. The zero-order chi connectivity index (χ0) is 13.8. The summed E-state index contributed by atoms with van der Waals surface area (Å²) in [5.74, 6) is -0.194. The lowest BCUT2D eigenvalue weighted by Crippen LogP contribution is -2.43. The van der Waals surface area contributed by atoms with Gasteiger partial charge in [0, 0.05) is 18.8 Å². The van der Waals surface area contributed by atoms with Crippen LogP contribution in [-0.2, 0) is 4.79 Å². The Morgan fingerprint density at radius 2 is 2.05 bits per heavy atom. The first-order chi connectivity index (χ1) is 9.08. The normalized spacial score (nSPS) is 17.1. The van der Waals surface area contributed by atoms with Gasteiger partial charge in [-0.1, -0.05) is 0 Å². The first-order valence-electron chi connectivity index (χ1n) is 6.58. The van der Waals surface area contributed by atoms with Gasteiger partial charge in [-0.2, -0.15) is 0 Å². The molecular formula is C14H18BrFN2O. The van der Waals surface area contributed by atoms with Gasteiger partial charge in [0.1, 0.15) is 11.9 Å². The molecule has 0 aliphatic carbocycles. The van der Waals surface area contributed by atoms with Crippen LogP contribution in [0.3, 0.4) is 0 Å². The lowest BCUT2D eigenvalue weighted by atomic mass is 10.1. The van der Waals surface area contributed by atoms with Crippen molar-refractivity contribution in [1.29, 1.82) is 0 Å². The molecular weight excluding hydrogens is 311 g/mol. The van der Waals surface area contributed by atoms with Gasteiger partial charge in [0.25, 0.3) is 0 Å². The van der Waals surface area contributed by atoms with Crippen molar-refractivity contribution >= 4 is 27.5 Å². The van der Waals surface area contributed by atoms with Crippen molar-refractivity contribution in [1.82, 2.24) is 4.90 Å². The van der Waals surface area contributed by atoms with Crippen molar-refractivity contribution < 1.29 is 9.18 Å². The summed E-state index contributed by atoms with van der Waals surface area (Å²) in [7, 11) is 0. The minimum atomic E-state index is -0.305. The zero-order valence-corrected chi connectivity index (χ0v) is 12.5. The van der Waals surface area contributed by atoms with Crippen LogP contribution in [0.25, 0.3) is 0 Å². The number of hydrogen-bond acceptors (Lipinski definition) is 2. The first-order valence-corrected chi connectivity index (χ1v) is 7.37. The molecule has 0 aromatic heterocycles. The van der Waals surface area contributed by atoms with E-state index in [1.54, 1.807) is 12.1 Å². The van der Waals surface area contributed by atoms with Crippen LogP contribution in [0.4, 0.5) is 10.1 Å². The van der Waals surface area contributed by atoms with Gasteiger partial charge in [0.2, 0.25) is 5.91 Å². The molecule has 1 fully saturated rings. The van der Waals surface area contributed by atoms with E-state index in [0.717, 1.165) is 31.6 Å². The summed E-state index contributed by atoms with van der Waals surface area (Å²) in [5, 5.41) is 3.12. The second-order valence-corrected chi connectivity index (χ2v) is 5.74. The highest BCUT2D eigenvalue weighted by Gasteiger charge is 2.21. The fourth-order valence-electron chi connectivity index (χ4n) is 2.29. The fraction of sp³-hybridized carbons (Fsp3) is 0.500. The second kappa shape index (κ2) is 6.37. The highest BCUT2D eigenvalue weighted by atomic mass is 79.9. The summed E-state index contributed by atoms with van der Waals surface area (Å²) in [6.45, 7) is 3.53. The molecule has 1 saturated heterocycles. The molecule has 1 aromatic carbocycles. The summed E-state index contributed by atoms with van der Waals surface area (Å²) in [6, 6.07) is 4.37. The van der Waals surface area contributed by atoms with Crippen molar-refractivity contribution in [3.8, 4) is 0 Å². The third kappa shape index (κ3) is 3.69. The monoisotopic (exact) mass is 328 g/mol. The largest absolute Gasteiger partial charge is 0.374 e. The molecule has 1 heterocycles. The zero-order valence-electron chi connectivity index (χ0n) is 11.0. The Morgan fingerprint density at radius 1 is 1.37 bits per heavy atom. The number of carbonyl (C=O) groups is 1. The van der Waals surface area contributed by atoms with Crippen LogP contribution >= 0.6 is 15.9 Å². The van der Waals surface area contributed by atoms with E-state index in [4.69, 9.17) is 0 Å². The van der Waals surface area contributed by atoms with Crippen LogP contribution in [-0.4, -0.2) is 29.9 Å². The molecule has 1 aliphatic heterocycles. The van der Waals surface area contributed by atoms with E-state index >= 15 is 0 Å². The van der Waals surface area contributed by atoms with Gasteiger partial charge in [-0.25, -0.2) is 4.39 Å². The highest BCUT2D eigenvalue weighted by molar-refractivity contribution is 9.10. The number of amides is 1. The van der Waals surface area contributed by atoms with Gasteiger partial charge in [0.05, 0.1) is 4.47 Å². The van der Waals surface area contributed by atoms with Crippen LogP contribution in [0, 0.1) is 5.82 Å². The molecule has 3 nitrogen and oxygen atoms in total. The van der Waals surface area contributed by atoms with E-state index in [9.17, 15) is 9.18 Å². The predicted octanol–water partition coefficient (Wildman–Crippen LogP) is 3.40. The Labute approximate surface area is 121 Å². The Balaban J connectivity index is 1.97. The number of nitrogens with one attached hydrogen (secondary N) is 1. The molecule has 1 aromatic rings. The third-order valence-electron chi connectivity index (χ3n) is 3.34. The molecule has 19 heavy (non-hydrogen) atoms. The van der Waals surface area contributed by atoms with Crippen LogP contribution in [0.2, 0.25) is 0 Å². The van der Waals surface area contributed by atoms with Gasteiger partial charge in [-0.15, -0.1) is 0 Å². The number of nitrogens with zero attached hydrogens (tertiary/aromatic N) is 1. The number of likely N-dealkylation sites (tertiary alicyclic amines) is 1. The lowest BCUT2D eigenvalue weighted by Gasteiger charge is -2.29. The minimum Gasteiger partial charge on any atom is -0.374 e. The molecule has 0 radical (unpaired) electrons. The van der Waals surface area contributed by atoms with Gasteiger partial charge >= 0.3 is 0 Å². The van der Waals surface area contributed by atoms with Crippen molar-refractivity contribution in [3.05, 3.63) is 28.5 Å². The standard InChI is InChI=1S/C14H18BrFN2O/c1-10(14(19)18-7-3-2-4-8-18)17-11-5-6-13(16)12(15)9-11/h5-6,9-10,17H,2-4,7-8H2,1H3. The summed E-state index contributed by atoms with van der Waals surface area (Å²) in [4.78, 5) is 14.1. The van der Waals surface area contributed by atoms with E-state index in [2.05, 4.69) is 21.2 Å². The topological polar surface area (TPSA) is 32.3 Å². The molecule has 1 atom stereocenters. The molecule has 104 valence electrons. The molecule has 5 heteroatoms. The van der Waals surface area contributed by atoms with Gasteiger partial charge < -0.3 is 10.2 Å². The average molecular weight is 329 g/mol. The van der Waals surface area contributed by atoms with Crippen LogP contribution in [0.5, 0.6) is 0 Å². The maximum absolute atomic E-state index is 13.1. The molecule has 0 saturated carbocycles. The third-order valence-corrected chi connectivity index (χ3v) is 3.95. The molecule has 0 spiro atoms. The van der Waals surface area contributed by atoms with Crippen molar-refractivity contribution in [3.63, 3.8) is 0 Å². The van der Waals surface area contributed by atoms with Crippen LogP contribution in [0.1, 0.15) is 26.2 Å². The molecule has 0 bridgehead atoms. The summed E-state index contributed by atoms with van der Waals surface area (Å²) in [5.41, 5.74) is 0.742. The fourth-order valence-corrected chi connectivity index (χ4v) is 2.66. The SMILES string of the molecule is CC(Nc1ccc(F)c(Br)c1)C(=O)N1CCCCC1. The summed E-state index contributed by atoms with van der Waals surface area (Å²) < 4.78 is 13.5. The van der Waals surface area contributed by atoms with Crippen molar-refractivity contribution in [2.24, 2.45) is 0 Å². The molecule has 1 aliphatic rings. The Kier molecular flexibility index (Phi) is 4.80. The smallest absolute Gasteiger partial charge is 0.244 e. The number of hydrogen-bond donors (Lipinski definition) is 1. The molecule has 1 N–H and O–H groups in total. The maximum Gasteiger partial charge on any atom is 0.244 e. The van der Waals surface area contributed by atoms with Gasteiger partial charge in [-0.3, -0.25) is 4.79 Å². The second-order valence-electron chi connectivity index (χ2n) is 4.88. The number of piperidine rings is 1. The van der Waals surface area contributed by atoms with E-state index in [-0.39, 0.29) is 17.8 Å². The lowest BCUT2D eigenvalue weighted by molar-refractivity contribution is -0.132. The Morgan fingerprint density at radius 3 is 2.68 bits per heavy atom. The van der Waals surface area contributed by atoms with Gasteiger partial charge in [-0.05, 0) is 60.3 Å². The van der Waals surface area contributed by atoms with E-state index in [0.29, 0.717) is 4.47 Å².